The molecule has 1 amide bonds. The summed E-state index contributed by atoms with van der Waals surface area (Å²) >= 11 is 0. The fraction of sp³-hybridized carbons (Fsp3) is 0.533. The van der Waals surface area contributed by atoms with Gasteiger partial charge in [0.1, 0.15) is 11.9 Å². The Balaban J connectivity index is 1.57. The predicted octanol–water partition coefficient (Wildman–Crippen LogP) is 0.262. The zero-order chi connectivity index (χ0) is 17.1. The second kappa shape index (κ2) is 6.80. The molecule has 1 aliphatic carbocycles. The van der Waals surface area contributed by atoms with Gasteiger partial charge in [0.15, 0.2) is 0 Å². The summed E-state index contributed by atoms with van der Waals surface area (Å²) < 4.78 is 0. The normalized spacial score (nSPS) is 18.0. The molecule has 1 aromatic heterocycles. The Bertz CT molecular complexity index is 689. The maximum atomic E-state index is 11.8. The van der Waals surface area contributed by atoms with Crippen molar-refractivity contribution in [1.29, 1.82) is 5.26 Å². The molecule has 3 rings (SSSR count). The number of nitrogens with one attached hydrogen (secondary N) is 1. The summed E-state index contributed by atoms with van der Waals surface area (Å²) in [4.78, 5) is 30.2. The number of carbonyl (C=O) groups excluding carboxylic acids is 1. The topological polar surface area (TPSA) is 115 Å². The molecule has 0 unspecified atom stereocenters. The Morgan fingerprint density at radius 2 is 2.08 bits per heavy atom. The quantitative estimate of drug-likeness (QED) is 0.608. The number of anilines is 1. The van der Waals surface area contributed by atoms with E-state index in [1.54, 1.807) is 12.1 Å². The Labute approximate surface area is 139 Å². The zero-order valence-electron chi connectivity index (χ0n) is 13.1. The molecule has 1 N–H and O–H groups in total. The number of amides is 1. The molecule has 2 heterocycles. The first-order chi connectivity index (χ1) is 11.6. The zero-order valence-corrected chi connectivity index (χ0v) is 13.1. The van der Waals surface area contributed by atoms with E-state index in [0.29, 0.717) is 44.6 Å². The molecule has 24 heavy (non-hydrogen) atoms. The average molecular weight is 330 g/mol. The third-order valence-corrected chi connectivity index (χ3v) is 4.17. The first kappa shape index (κ1) is 16.1. The van der Waals surface area contributed by atoms with Crippen LogP contribution < -0.4 is 10.2 Å². The molecule has 0 aromatic carbocycles. The lowest BCUT2D eigenvalue weighted by atomic mass is 10.2. The molecule has 0 spiro atoms. The monoisotopic (exact) mass is 330 g/mol. The van der Waals surface area contributed by atoms with Crippen LogP contribution in [0.5, 0.6) is 0 Å². The van der Waals surface area contributed by atoms with Gasteiger partial charge in [-0.1, -0.05) is 0 Å². The summed E-state index contributed by atoms with van der Waals surface area (Å²) in [6.45, 7) is 3.12. The lowest BCUT2D eigenvalue weighted by Gasteiger charge is -2.35. The van der Waals surface area contributed by atoms with E-state index in [1.165, 1.54) is 6.07 Å². The minimum atomic E-state index is -0.605. The van der Waals surface area contributed by atoms with Crippen molar-refractivity contribution in [2.75, 3.05) is 37.6 Å². The lowest BCUT2D eigenvalue weighted by Crippen LogP contribution is -2.50. The van der Waals surface area contributed by atoms with E-state index in [4.69, 9.17) is 5.26 Å². The van der Waals surface area contributed by atoms with Crippen LogP contribution >= 0.6 is 0 Å². The van der Waals surface area contributed by atoms with Gasteiger partial charge in [-0.3, -0.25) is 19.8 Å². The van der Waals surface area contributed by atoms with Gasteiger partial charge in [-0.05, 0) is 18.9 Å². The van der Waals surface area contributed by atoms with Crippen LogP contribution in [0.2, 0.25) is 0 Å². The second-order valence-corrected chi connectivity index (χ2v) is 6.01. The van der Waals surface area contributed by atoms with Crippen molar-refractivity contribution >= 4 is 17.4 Å². The van der Waals surface area contributed by atoms with E-state index in [1.807, 2.05) is 4.90 Å². The first-order valence-electron chi connectivity index (χ1n) is 7.89. The molecule has 9 nitrogen and oxygen atoms in total. The van der Waals surface area contributed by atoms with Crippen molar-refractivity contribution < 1.29 is 9.72 Å². The van der Waals surface area contributed by atoms with Gasteiger partial charge in [-0.15, -0.1) is 0 Å². The highest BCUT2D eigenvalue weighted by Crippen LogP contribution is 2.22. The van der Waals surface area contributed by atoms with Crippen LogP contribution in [0, 0.1) is 21.4 Å². The van der Waals surface area contributed by atoms with Crippen LogP contribution in [-0.4, -0.2) is 59.5 Å². The van der Waals surface area contributed by atoms with Crippen LogP contribution in [0.1, 0.15) is 18.5 Å². The highest BCUT2D eigenvalue weighted by atomic mass is 16.6. The second-order valence-electron chi connectivity index (χ2n) is 6.01. The summed E-state index contributed by atoms with van der Waals surface area (Å²) in [5, 5.41) is 22.8. The summed E-state index contributed by atoms with van der Waals surface area (Å²) in [7, 11) is 0. The van der Waals surface area contributed by atoms with Gasteiger partial charge in [0.05, 0.1) is 11.5 Å². The minimum Gasteiger partial charge on any atom is -0.354 e. The van der Waals surface area contributed by atoms with Gasteiger partial charge >= 0.3 is 5.69 Å². The van der Waals surface area contributed by atoms with Crippen LogP contribution in [0.15, 0.2) is 12.1 Å². The number of rotatable bonds is 5. The van der Waals surface area contributed by atoms with Crippen molar-refractivity contribution in [3.8, 4) is 6.07 Å². The third kappa shape index (κ3) is 3.78. The molecule has 126 valence electrons. The average Bonchev–Trinajstić information content (AvgIpc) is 3.38. The number of piperazine rings is 1. The molecule has 0 atom stereocenters. The van der Waals surface area contributed by atoms with Gasteiger partial charge in [-0.2, -0.15) is 5.26 Å². The van der Waals surface area contributed by atoms with Crippen LogP contribution in [0.4, 0.5) is 11.5 Å². The molecule has 9 heteroatoms. The fourth-order valence-electron chi connectivity index (χ4n) is 2.69. The third-order valence-electron chi connectivity index (χ3n) is 4.17. The van der Waals surface area contributed by atoms with E-state index < -0.39 is 4.92 Å². The van der Waals surface area contributed by atoms with Gasteiger partial charge < -0.3 is 10.2 Å². The summed E-state index contributed by atoms with van der Waals surface area (Å²) in [5.74, 6) is 0.616. The summed E-state index contributed by atoms with van der Waals surface area (Å²) in [6.07, 6.45) is 2.15. The van der Waals surface area contributed by atoms with Crippen molar-refractivity contribution in [2.45, 2.75) is 18.9 Å². The predicted molar refractivity (Wildman–Crippen MR) is 85.4 cm³/mol. The highest BCUT2D eigenvalue weighted by molar-refractivity contribution is 5.78. The molecule has 1 aliphatic heterocycles. The maximum absolute atomic E-state index is 11.8. The SMILES string of the molecule is N#Cc1nc(N2CCN(CC(=O)NC3CC3)CC2)ccc1[N+](=O)[O-]. The Morgan fingerprint density at radius 3 is 2.67 bits per heavy atom. The maximum Gasteiger partial charge on any atom is 0.305 e. The Kier molecular flexibility index (Phi) is 4.57. The molecule has 0 radical (unpaired) electrons. The standard InChI is InChI=1S/C15H18N6O3/c16-9-12-13(21(23)24)3-4-14(18-12)20-7-5-19(6-8-20)10-15(22)17-11-1-2-11/h3-4,11H,1-2,5-8,10H2,(H,17,22). The number of hydrogen-bond donors (Lipinski definition) is 1. The van der Waals surface area contributed by atoms with Crippen molar-refractivity contribution in [1.82, 2.24) is 15.2 Å². The van der Waals surface area contributed by atoms with E-state index in [9.17, 15) is 14.9 Å². The van der Waals surface area contributed by atoms with Crippen LogP contribution in [0.25, 0.3) is 0 Å². The van der Waals surface area contributed by atoms with E-state index >= 15 is 0 Å². The van der Waals surface area contributed by atoms with Gasteiger partial charge in [0.25, 0.3) is 0 Å². The fourth-order valence-corrected chi connectivity index (χ4v) is 2.69. The molecule has 2 aliphatic rings. The molecule has 1 saturated carbocycles. The summed E-state index contributed by atoms with van der Waals surface area (Å²) in [6, 6.07) is 5.02. The lowest BCUT2D eigenvalue weighted by molar-refractivity contribution is -0.385. The number of nitrogens with zero attached hydrogens (tertiary/aromatic N) is 5. The first-order valence-corrected chi connectivity index (χ1v) is 7.89. The molecule has 1 saturated heterocycles. The van der Waals surface area contributed by atoms with Crippen LogP contribution in [-0.2, 0) is 4.79 Å². The number of nitro groups is 1. The van der Waals surface area contributed by atoms with Gasteiger partial charge in [0, 0.05) is 38.3 Å². The molecule has 1 aromatic rings. The van der Waals surface area contributed by atoms with Crippen molar-refractivity contribution in [3.63, 3.8) is 0 Å². The number of pyridine rings is 1. The molecule has 2 fully saturated rings. The largest absolute Gasteiger partial charge is 0.354 e. The Morgan fingerprint density at radius 1 is 1.38 bits per heavy atom. The van der Waals surface area contributed by atoms with Crippen molar-refractivity contribution in [2.24, 2.45) is 0 Å². The number of hydrogen-bond acceptors (Lipinski definition) is 7. The van der Waals surface area contributed by atoms with E-state index in [-0.39, 0.29) is 17.3 Å². The smallest absolute Gasteiger partial charge is 0.305 e. The van der Waals surface area contributed by atoms with E-state index in [0.717, 1.165) is 12.8 Å². The minimum absolute atomic E-state index is 0.0613. The number of carbonyl (C=O) groups is 1. The molecule has 0 bridgehead atoms. The molecular formula is C15H18N6O3. The van der Waals surface area contributed by atoms with Crippen LogP contribution in [0.3, 0.4) is 0 Å². The summed E-state index contributed by atoms with van der Waals surface area (Å²) in [5.41, 5.74) is -0.458. The van der Waals surface area contributed by atoms with Crippen molar-refractivity contribution in [3.05, 3.63) is 27.9 Å². The van der Waals surface area contributed by atoms with Gasteiger partial charge in [0.2, 0.25) is 11.6 Å². The van der Waals surface area contributed by atoms with Gasteiger partial charge in [-0.25, -0.2) is 4.98 Å². The highest BCUT2D eigenvalue weighted by Gasteiger charge is 2.26. The molecular weight excluding hydrogens is 312 g/mol. The Hall–Kier alpha value is -2.73. The van der Waals surface area contributed by atoms with E-state index in [2.05, 4.69) is 15.2 Å². The number of aromatic nitrogens is 1. The number of nitriles is 1.